The van der Waals surface area contributed by atoms with Crippen LogP contribution in [0.4, 0.5) is 0 Å². The number of hydrogen-bond acceptors (Lipinski definition) is 6. The van der Waals surface area contributed by atoms with E-state index in [0.717, 1.165) is 16.5 Å². The molecule has 7 heteroatoms. The summed E-state index contributed by atoms with van der Waals surface area (Å²) in [5.74, 6) is 0.994. The molecule has 0 saturated carbocycles. The van der Waals surface area contributed by atoms with E-state index < -0.39 is 0 Å². The maximum absolute atomic E-state index is 12.3. The average Bonchev–Trinajstić information content (AvgIpc) is 3.21. The van der Waals surface area contributed by atoms with Gasteiger partial charge in [-0.3, -0.25) is 4.79 Å². The number of rotatable bonds is 3. The van der Waals surface area contributed by atoms with Crippen LogP contribution in [-0.4, -0.2) is 15.0 Å². The number of furan rings is 1. The molecule has 0 fully saturated rings. The molecule has 122 valence electrons. The summed E-state index contributed by atoms with van der Waals surface area (Å²) in [6, 6.07) is 15.1. The minimum atomic E-state index is -0.283. The standard InChI is InChI=1S/C18H11N3O3S/c22-17-16-15(10-5-1-3-7-12(10)23-16)20-14(21-17)9-25-18-19-11-6-2-4-8-13(11)24-18/h1-8H,9H2,(H,20,21,22). The molecule has 3 aromatic heterocycles. The van der Waals surface area contributed by atoms with E-state index in [1.165, 1.54) is 11.8 Å². The van der Waals surface area contributed by atoms with Gasteiger partial charge in [-0.25, -0.2) is 9.97 Å². The molecule has 2 aromatic carbocycles. The Hall–Kier alpha value is -3.06. The highest BCUT2D eigenvalue weighted by Gasteiger charge is 2.14. The topological polar surface area (TPSA) is 84.9 Å². The fourth-order valence-electron chi connectivity index (χ4n) is 2.76. The molecular formula is C18H11N3O3S. The van der Waals surface area contributed by atoms with Crippen molar-refractivity contribution in [3.8, 4) is 0 Å². The lowest BCUT2D eigenvalue weighted by atomic mass is 10.2. The van der Waals surface area contributed by atoms with Crippen molar-refractivity contribution < 1.29 is 8.83 Å². The third-order valence-electron chi connectivity index (χ3n) is 3.89. The van der Waals surface area contributed by atoms with Crippen LogP contribution >= 0.6 is 11.8 Å². The first-order valence-electron chi connectivity index (χ1n) is 7.67. The number of oxazole rings is 1. The second kappa shape index (κ2) is 5.49. The van der Waals surface area contributed by atoms with Crippen LogP contribution in [0.5, 0.6) is 0 Å². The lowest BCUT2D eigenvalue weighted by Crippen LogP contribution is -2.10. The van der Waals surface area contributed by atoms with Gasteiger partial charge in [0.1, 0.15) is 22.4 Å². The van der Waals surface area contributed by atoms with E-state index in [1.807, 2.05) is 48.5 Å². The summed E-state index contributed by atoms with van der Waals surface area (Å²) >= 11 is 1.38. The monoisotopic (exact) mass is 349 g/mol. The molecule has 5 rings (SSSR count). The van der Waals surface area contributed by atoms with E-state index in [2.05, 4.69) is 15.0 Å². The Balaban J connectivity index is 1.52. The third-order valence-corrected chi connectivity index (χ3v) is 4.73. The van der Waals surface area contributed by atoms with Crippen LogP contribution in [0.25, 0.3) is 33.2 Å². The molecule has 0 aliphatic rings. The highest BCUT2D eigenvalue weighted by atomic mass is 32.2. The van der Waals surface area contributed by atoms with Gasteiger partial charge >= 0.3 is 0 Å². The molecule has 5 aromatic rings. The molecule has 0 saturated heterocycles. The minimum absolute atomic E-state index is 0.247. The maximum atomic E-state index is 12.3. The summed E-state index contributed by atoms with van der Waals surface area (Å²) in [6.45, 7) is 0. The average molecular weight is 349 g/mol. The van der Waals surface area contributed by atoms with Crippen molar-refractivity contribution in [1.29, 1.82) is 0 Å². The summed E-state index contributed by atoms with van der Waals surface area (Å²) in [7, 11) is 0. The van der Waals surface area contributed by atoms with Crippen molar-refractivity contribution in [2.75, 3.05) is 0 Å². The fraction of sp³-hybridized carbons (Fsp3) is 0.0556. The zero-order valence-corrected chi connectivity index (χ0v) is 13.7. The van der Waals surface area contributed by atoms with Crippen LogP contribution in [0.1, 0.15) is 5.82 Å². The molecule has 0 spiro atoms. The molecule has 3 heterocycles. The van der Waals surface area contributed by atoms with Crippen molar-refractivity contribution in [3.63, 3.8) is 0 Å². The number of thioether (sulfide) groups is 1. The Morgan fingerprint density at radius 1 is 0.960 bits per heavy atom. The van der Waals surface area contributed by atoms with Crippen molar-refractivity contribution in [2.45, 2.75) is 11.0 Å². The normalized spacial score (nSPS) is 11.7. The fourth-order valence-corrected chi connectivity index (χ4v) is 3.47. The van der Waals surface area contributed by atoms with Crippen molar-refractivity contribution in [1.82, 2.24) is 15.0 Å². The molecule has 1 N–H and O–H groups in total. The molecular weight excluding hydrogens is 338 g/mol. The Morgan fingerprint density at radius 2 is 1.76 bits per heavy atom. The number of fused-ring (bicyclic) bond motifs is 4. The predicted octanol–water partition coefficient (Wildman–Crippen LogP) is 4.10. The van der Waals surface area contributed by atoms with E-state index in [4.69, 9.17) is 8.83 Å². The van der Waals surface area contributed by atoms with Crippen LogP contribution < -0.4 is 5.56 Å². The minimum Gasteiger partial charge on any atom is -0.449 e. The lowest BCUT2D eigenvalue weighted by molar-refractivity contribution is 0.489. The number of aromatic nitrogens is 3. The van der Waals surface area contributed by atoms with E-state index >= 15 is 0 Å². The zero-order chi connectivity index (χ0) is 16.8. The van der Waals surface area contributed by atoms with Crippen LogP contribution in [-0.2, 0) is 5.75 Å². The van der Waals surface area contributed by atoms with E-state index in [1.54, 1.807) is 0 Å². The lowest BCUT2D eigenvalue weighted by Gasteiger charge is -1.98. The molecule has 6 nitrogen and oxygen atoms in total. The second-order valence-electron chi connectivity index (χ2n) is 5.52. The van der Waals surface area contributed by atoms with Gasteiger partial charge in [0.2, 0.25) is 5.58 Å². The Labute approximate surface area is 144 Å². The third kappa shape index (κ3) is 2.40. The Morgan fingerprint density at radius 3 is 2.64 bits per heavy atom. The molecule has 0 amide bonds. The van der Waals surface area contributed by atoms with Crippen molar-refractivity contribution in [2.24, 2.45) is 0 Å². The number of H-pyrrole nitrogens is 1. The first-order chi connectivity index (χ1) is 12.3. The Kier molecular flexibility index (Phi) is 3.14. The number of benzene rings is 2. The molecule has 25 heavy (non-hydrogen) atoms. The van der Waals surface area contributed by atoms with Crippen molar-refractivity contribution in [3.05, 3.63) is 64.7 Å². The van der Waals surface area contributed by atoms with E-state index in [-0.39, 0.29) is 11.1 Å². The Bertz CT molecular complexity index is 1250. The van der Waals surface area contributed by atoms with E-state index in [0.29, 0.717) is 27.9 Å². The second-order valence-corrected chi connectivity index (χ2v) is 6.45. The number of nitrogens with one attached hydrogen (secondary N) is 1. The van der Waals surface area contributed by atoms with Gasteiger partial charge in [-0.2, -0.15) is 0 Å². The smallest absolute Gasteiger partial charge is 0.294 e. The molecule has 0 aliphatic heterocycles. The van der Waals surface area contributed by atoms with Gasteiger partial charge in [0.15, 0.2) is 5.58 Å². The molecule has 0 unspecified atom stereocenters. The van der Waals surface area contributed by atoms with E-state index in [9.17, 15) is 4.79 Å². The highest BCUT2D eigenvalue weighted by Crippen LogP contribution is 2.27. The maximum Gasteiger partial charge on any atom is 0.294 e. The number of para-hydroxylation sites is 3. The highest BCUT2D eigenvalue weighted by molar-refractivity contribution is 7.98. The first kappa shape index (κ1) is 14.3. The van der Waals surface area contributed by atoms with Gasteiger partial charge in [-0.15, -0.1) is 0 Å². The summed E-state index contributed by atoms with van der Waals surface area (Å²) in [4.78, 5) is 24.0. The van der Waals surface area contributed by atoms with Gasteiger partial charge in [0.05, 0.1) is 5.75 Å². The van der Waals surface area contributed by atoms with Gasteiger partial charge in [-0.1, -0.05) is 36.0 Å². The van der Waals surface area contributed by atoms with Gasteiger partial charge in [-0.05, 0) is 24.3 Å². The summed E-state index contributed by atoms with van der Waals surface area (Å²) in [6.07, 6.45) is 0. The van der Waals surface area contributed by atoms with Crippen LogP contribution in [0.3, 0.4) is 0 Å². The number of aromatic amines is 1. The van der Waals surface area contributed by atoms with Crippen molar-refractivity contribution >= 4 is 44.9 Å². The van der Waals surface area contributed by atoms with Crippen LogP contribution in [0, 0.1) is 0 Å². The predicted molar refractivity (Wildman–Crippen MR) is 95.7 cm³/mol. The van der Waals surface area contributed by atoms with Crippen LogP contribution in [0.15, 0.2) is 67.4 Å². The SMILES string of the molecule is O=c1[nH]c(CSc2nc3ccccc3o2)nc2c1oc1ccccc12. The molecule has 0 radical (unpaired) electrons. The van der Waals surface area contributed by atoms with Gasteiger partial charge in [0.25, 0.3) is 10.8 Å². The van der Waals surface area contributed by atoms with Gasteiger partial charge in [0, 0.05) is 5.39 Å². The largest absolute Gasteiger partial charge is 0.449 e. The molecule has 0 atom stereocenters. The zero-order valence-electron chi connectivity index (χ0n) is 12.9. The number of nitrogens with zero attached hydrogens (tertiary/aromatic N) is 2. The molecule has 0 bridgehead atoms. The summed E-state index contributed by atoms with van der Waals surface area (Å²) < 4.78 is 11.3. The van der Waals surface area contributed by atoms with Crippen LogP contribution in [0.2, 0.25) is 0 Å². The summed E-state index contributed by atoms with van der Waals surface area (Å²) in [5, 5.41) is 1.37. The molecule has 0 aliphatic carbocycles. The quantitative estimate of drug-likeness (QED) is 0.494. The summed E-state index contributed by atoms with van der Waals surface area (Å²) in [5.41, 5.74) is 2.74. The number of hydrogen-bond donors (Lipinski definition) is 1. The van der Waals surface area contributed by atoms with Gasteiger partial charge < -0.3 is 13.8 Å². The first-order valence-corrected chi connectivity index (χ1v) is 8.65.